The highest BCUT2D eigenvalue weighted by atomic mass is 15.3. The fraction of sp³-hybridized carbons (Fsp3) is 0.647. The summed E-state index contributed by atoms with van der Waals surface area (Å²) >= 11 is 0. The standard InChI is InChI=1S/C17H26N4/c1-17(2,3)13-8-4-5-9-14(13)18-12-16-20-19-15-10-6-7-11-21(15)16/h6-7,10-11,13-14,18H,4-5,8-9,12H2,1-3H3. The molecule has 0 radical (unpaired) electrons. The number of aromatic nitrogens is 3. The number of nitrogens with zero attached hydrogens (tertiary/aromatic N) is 3. The molecule has 4 nitrogen and oxygen atoms in total. The first-order chi connectivity index (χ1) is 10.1. The van der Waals surface area contributed by atoms with Crippen molar-refractivity contribution >= 4 is 5.65 Å². The highest BCUT2D eigenvalue weighted by Gasteiger charge is 2.33. The average molecular weight is 286 g/mol. The summed E-state index contributed by atoms with van der Waals surface area (Å²) in [6.45, 7) is 7.89. The lowest BCUT2D eigenvalue weighted by atomic mass is 9.69. The molecule has 0 amide bonds. The summed E-state index contributed by atoms with van der Waals surface area (Å²) in [4.78, 5) is 0. The van der Waals surface area contributed by atoms with Crippen LogP contribution in [0.15, 0.2) is 24.4 Å². The van der Waals surface area contributed by atoms with Gasteiger partial charge in [0.2, 0.25) is 0 Å². The van der Waals surface area contributed by atoms with Gasteiger partial charge in [0, 0.05) is 12.2 Å². The van der Waals surface area contributed by atoms with Gasteiger partial charge in [-0.15, -0.1) is 10.2 Å². The molecule has 1 N–H and O–H groups in total. The molecule has 2 unspecified atom stereocenters. The van der Waals surface area contributed by atoms with Crippen LogP contribution in [0.4, 0.5) is 0 Å². The van der Waals surface area contributed by atoms with Gasteiger partial charge in [0.1, 0.15) is 0 Å². The molecule has 0 bridgehead atoms. The zero-order valence-electron chi connectivity index (χ0n) is 13.3. The largest absolute Gasteiger partial charge is 0.307 e. The minimum atomic E-state index is 0.366. The molecule has 1 saturated carbocycles. The minimum Gasteiger partial charge on any atom is -0.307 e. The number of rotatable bonds is 3. The van der Waals surface area contributed by atoms with E-state index >= 15 is 0 Å². The van der Waals surface area contributed by atoms with E-state index in [0.29, 0.717) is 11.5 Å². The summed E-state index contributed by atoms with van der Waals surface area (Å²) < 4.78 is 2.07. The second-order valence-corrected chi connectivity index (χ2v) is 7.29. The highest BCUT2D eigenvalue weighted by Crippen LogP contribution is 2.38. The Morgan fingerprint density at radius 2 is 2.00 bits per heavy atom. The summed E-state index contributed by atoms with van der Waals surface area (Å²) in [6.07, 6.45) is 7.35. The van der Waals surface area contributed by atoms with Crippen molar-refractivity contribution in [2.75, 3.05) is 0 Å². The third-order valence-corrected chi connectivity index (χ3v) is 4.79. The molecule has 1 fully saturated rings. The zero-order chi connectivity index (χ0) is 14.9. The summed E-state index contributed by atoms with van der Waals surface area (Å²) in [5, 5.41) is 12.3. The van der Waals surface area contributed by atoms with Crippen LogP contribution in [0.3, 0.4) is 0 Å². The molecular weight excluding hydrogens is 260 g/mol. The van der Waals surface area contributed by atoms with Crippen molar-refractivity contribution in [1.29, 1.82) is 0 Å². The Hall–Kier alpha value is -1.42. The van der Waals surface area contributed by atoms with Crippen molar-refractivity contribution in [2.24, 2.45) is 11.3 Å². The van der Waals surface area contributed by atoms with Crippen LogP contribution in [0.5, 0.6) is 0 Å². The first kappa shape index (κ1) is 14.5. The van der Waals surface area contributed by atoms with Crippen LogP contribution in [0, 0.1) is 11.3 Å². The quantitative estimate of drug-likeness (QED) is 0.940. The van der Waals surface area contributed by atoms with Crippen LogP contribution in [-0.2, 0) is 6.54 Å². The molecule has 3 rings (SSSR count). The third kappa shape index (κ3) is 3.10. The van der Waals surface area contributed by atoms with E-state index in [4.69, 9.17) is 0 Å². The number of hydrogen-bond acceptors (Lipinski definition) is 3. The third-order valence-electron chi connectivity index (χ3n) is 4.79. The molecular formula is C17H26N4. The fourth-order valence-corrected chi connectivity index (χ4v) is 3.65. The lowest BCUT2D eigenvalue weighted by molar-refractivity contribution is 0.129. The van der Waals surface area contributed by atoms with Gasteiger partial charge in [-0.3, -0.25) is 4.40 Å². The van der Waals surface area contributed by atoms with Gasteiger partial charge >= 0.3 is 0 Å². The normalized spacial score (nSPS) is 23.6. The van der Waals surface area contributed by atoms with Crippen molar-refractivity contribution in [3.05, 3.63) is 30.2 Å². The van der Waals surface area contributed by atoms with Crippen LogP contribution in [0.1, 0.15) is 52.3 Å². The maximum atomic E-state index is 4.32. The second kappa shape index (κ2) is 5.76. The van der Waals surface area contributed by atoms with E-state index in [0.717, 1.165) is 23.9 Å². The molecule has 1 aliphatic carbocycles. The van der Waals surface area contributed by atoms with Gasteiger partial charge in [-0.2, -0.15) is 0 Å². The second-order valence-electron chi connectivity index (χ2n) is 7.29. The molecule has 114 valence electrons. The van der Waals surface area contributed by atoms with Crippen LogP contribution in [0.2, 0.25) is 0 Å². The van der Waals surface area contributed by atoms with Gasteiger partial charge in [0.05, 0.1) is 6.54 Å². The predicted molar refractivity (Wildman–Crippen MR) is 85.0 cm³/mol. The smallest absolute Gasteiger partial charge is 0.160 e. The minimum absolute atomic E-state index is 0.366. The Kier molecular flexibility index (Phi) is 3.98. The summed E-state index contributed by atoms with van der Waals surface area (Å²) in [5.74, 6) is 1.74. The lowest BCUT2D eigenvalue weighted by Gasteiger charge is -2.40. The molecule has 4 heteroatoms. The van der Waals surface area contributed by atoms with E-state index in [1.807, 2.05) is 24.4 Å². The number of hydrogen-bond donors (Lipinski definition) is 1. The lowest BCUT2D eigenvalue weighted by Crippen LogP contribution is -2.44. The summed E-state index contributed by atoms with van der Waals surface area (Å²) in [7, 11) is 0. The summed E-state index contributed by atoms with van der Waals surface area (Å²) in [6, 6.07) is 6.61. The molecule has 21 heavy (non-hydrogen) atoms. The molecule has 0 aromatic carbocycles. The number of nitrogens with one attached hydrogen (secondary N) is 1. The first-order valence-electron chi connectivity index (χ1n) is 8.08. The van der Waals surface area contributed by atoms with Crippen LogP contribution in [0.25, 0.3) is 5.65 Å². The molecule has 0 spiro atoms. The Morgan fingerprint density at radius 3 is 2.81 bits per heavy atom. The first-order valence-corrected chi connectivity index (χ1v) is 8.08. The van der Waals surface area contributed by atoms with Crippen molar-refractivity contribution in [2.45, 2.75) is 59.0 Å². The van der Waals surface area contributed by atoms with E-state index in [-0.39, 0.29) is 0 Å². The average Bonchev–Trinajstić information content (AvgIpc) is 2.88. The van der Waals surface area contributed by atoms with Gasteiger partial charge in [-0.25, -0.2) is 0 Å². The van der Waals surface area contributed by atoms with E-state index < -0.39 is 0 Å². The van der Waals surface area contributed by atoms with Crippen LogP contribution in [-0.4, -0.2) is 20.6 Å². The Balaban J connectivity index is 1.71. The van der Waals surface area contributed by atoms with Crippen molar-refractivity contribution in [1.82, 2.24) is 19.9 Å². The van der Waals surface area contributed by atoms with E-state index in [2.05, 4.69) is 40.7 Å². The van der Waals surface area contributed by atoms with Crippen LogP contribution >= 0.6 is 0 Å². The number of fused-ring (bicyclic) bond motifs is 1. The van der Waals surface area contributed by atoms with E-state index in [1.54, 1.807) is 0 Å². The summed E-state index contributed by atoms with van der Waals surface area (Å²) in [5.41, 5.74) is 1.29. The van der Waals surface area contributed by atoms with Crippen molar-refractivity contribution in [3.8, 4) is 0 Å². The Morgan fingerprint density at radius 1 is 1.19 bits per heavy atom. The molecule has 0 aliphatic heterocycles. The van der Waals surface area contributed by atoms with Crippen molar-refractivity contribution < 1.29 is 0 Å². The monoisotopic (exact) mass is 286 g/mol. The fourth-order valence-electron chi connectivity index (χ4n) is 3.65. The van der Waals surface area contributed by atoms with Gasteiger partial charge in [-0.05, 0) is 36.3 Å². The van der Waals surface area contributed by atoms with Gasteiger partial charge in [0.25, 0.3) is 0 Å². The molecule has 2 heterocycles. The van der Waals surface area contributed by atoms with Gasteiger partial charge in [0.15, 0.2) is 11.5 Å². The van der Waals surface area contributed by atoms with Gasteiger partial charge < -0.3 is 5.32 Å². The predicted octanol–water partition coefficient (Wildman–Crippen LogP) is 3.42. The zero-order valence-corrected chi connectivity index (χ0v) is 13.3. The topological polar surface area (TPSA) is 42.2 Å². The molecule has 2 atom stereocenters. The molecule has 2 aromatic heterocycles. The van der Waals surface area contributed by atoms with E-state index in [9.17, 15) is 0 Å². The molecule has 2 aromatic rings. The Labute approximate surface area is 127 Å². The van der Waals surface area contributed by atoms with Crippen molar-refractivity contribution in [3.63, 3.8) is 0 Å². The molecule has 0 saturated heterocycles. The maximum Gasteiger partial charge on any atom is 0.160 e. The number of pyridine rings is 1. The Bertz CT molecular complexity index is 596. The van der Waals surface area contributed by atoms with Gasteiger partial charge in [-0.1, -0.05) is 39.7 Å². The maximum absolute atomic E-state index is 4.32. The highest BCUT2D eigenvalue weighted by molar-refractivity contribution is 5.36. The SMILES string of the molecule is CC(C)(C)C1CCCCC1NCc1nnc2ccccn12. The molecule has 1 aliphatic rings. The van der Waals surface area contributed by atoms with Crippen LogP contribution < -0.4 is 5.32 Å². The van der Waals surface area contributed by atoms with E-state index in [1.165, 1.54) is 25.7 Å².